The van der Waals surface area contributed by atoms with Crippen molar-refractivity contribution in [3.8, 4) is 5.75 Å². The van der Waals surface area contributed by atoms with Gasteiger partial charge in [0.1, 0.15) is 5.75 Å². The Bertz CT molecular complexity index is 806. The first kappa shape index (κ1) is 23.8. The maximum atomic E-state index is 12.1. The predicted octanol–water partition coefficient (Wildman–Crippen LogP) is 2.53. The highest BCUT2D eigenvalue weighted by atomic mass is 127. The fourth-order valence-corrected chi connectivity index (χ4v) is 3.29. The number of piperazine rings is 1. The first-order chi connectivity index (χ1) is 14.2. The van der Waals surface area contributed by atoms with Gasteiger partial charge < -0.3 is 25.5 Å². The van der Waals surface area contributed by atoms with Crippen LogP contribution in [0.3, 0.4) is 0 Å². The van der Waals surface area contributed by atoms with E-state index < -0.39 is 0 Å². The van der Waals surface area contributed by atoms with Crippen molar-refractivity contribution in [1.82, 2.24) is 15.5 Å². The number of para-hydroxylation sites is 1. The molecule has 8 heteroatoms. The third-order valence-electron chi connectivity index (χ3n) is 4.82. The summed E-state index contributed by atoms with van der Waals surface area (Å²) in [6.07, 6.45) is 0. The van der Waals surface area contributed by atoms with E-state index in [2.05, 4.69) is 56.6 Å². The predicted molar refractivity (Wildman–Crippen MR) is 132 cm³/mol. The zero-order chi connectivity index (χ0) is 20.5. The van der Waals surface area contributed by atoms with E-state index in [9.17, 15) is 9.90 Å². The molecule has 3 N–H and O–H groups in total. The number of rotatable bonds is 6. The van der Waals surface area contributed by atoms with Gasteiger partial charge in [0.2, 0.25) is 0 Å². The summed E-state index contributed by atoms with van der Waals surface area (Å²) >= 11 is 0. The van der Waals surface area contributed by atoms with Gasteiger partial charge in [0.15, 0.2) is 5.96 Å². The van der Waals surface area contributed by atoms with E-state index in [4.69, 9.17) is 0 Å². The van der Waals surface area contributed by atoms with Crippen LogP contribution in [0.4, 0.5) is 5.69 Å². The number of phenols is 1. The van der Waals surface area contributed by atoms with Crippen LogP contribution in [0.1, 0.15) is 17.3 Å². The average molecular weight is 523 g/mol. The van der Waals surface area contributed by atoms with Crippen LogP contribution < -0.4 is 15.5 Å². The minimum Gasteiger partial charge on any atom is -0.508 e. The molecule has 2 aromatic carbocycles. The highest BCUT2D eigenvalue weighted by molar-refractivity contribution is 14.0. The van der Waals surface area contributed by atoms with Gasteiger partial charge in [-0.15, -0.1) is 24.0 Å². The molecule has 162 valence electrons. The van der Waals surface area contributed by atoms with Gasteiger partial charge in [0.05, 0.1) is 6.54 Å². The molecule has 2 aromatic rings. The van der Waals surface area contributed by atoms with Gasteiger partial charge in [-0.25, -0.2) is 0 Å². The second-order valence-electron chi connectivity index (χ2n) is 6.85. The summed E-state index contributed by atoms with van der Waals surface area (Å²) in [5, 5.41) is 15.5. The molecule has 0 bridgehead atoms. The number of amides is 1. The SMILES string of the molecule is CCNC(=NCCNC(=O)c1ccc(O)cc1)N1CCN(c2ccccc2)CC1.I. The molecule has 1 heterocycles. The van der Waals surface area contributed by atoms with Crippen molar-refractivity contribution in [1.29, 1.82) is 0 Å². The molecule has 0 aliphatic carbocycles. The maximum absolute atomic E-state index is 12.1. The Morgan fingerprint density at radius 3 is 2.30 bits per heavy atom. The summed E-state index contributed by atoms with van der Waals surface area (Å²) in [6.45, 7) is 7.53. The minimum absolute atomic E-state index is 0. The van der Waals surface area contributed by atoms with Gasteiger partial charge in [-0.2, -0.15) is 0 Å². The highest BCUT2D eigenvalue weighted by Crippen LogP contribution is 2.15. The van der Waals surface area contributed by atoms with Gasteiger partial charge in [-0.1, -0.05) is 18.2 Å². The molecule has 1 aliphatic heterocycles. The molecule has 0 atom stereocenters. The molecule has 1 saturated heterocycles. The van der Waals surface area contributed by atoms with Crippen LogP contribution in [0, 0.1) is 0 Å². The molecule has 30 heavy (non-hydrogen) atoms. The Morgan fingerprint density at radius 2 is 1.67 bits per heavy atom. The van der Waals surface area contributed by atoms with Crippen molar-refractivity contribution in [3.63, 3.8) is 0 Å². The standard InChI is InChI=1S/C22H29N5O2.HI/c1-2-23-22(25-13-12-24-21(29)18-8-10-20(28)11-9-18)27-16-14-26(15-17-27)19-6-4-3-5-7-19;/h3-11,28H,2,12-17H2,1H3,(H,23,25)(H,24,29);1H. The molecule has 0 radical (unpaired) electrons. The molecule has 0 spiro atoms. The van der Waals surface area contributed by atoms with Crippen molar-refractivity contribution in [2.45, 2.75) is 6.92 Å². The maximum Gasteiger partial charge on any atom is 0.251 e. The van der Waals surface area contributed by atoms with Crippen molar-refractivity contribution in [2.24, 2.45) is 4.99 Å². The highest BCUT2D eigenvalue weighted by Gasteiger charge is 2.19. The summed E-state index contributed by atoms with van der Waals surface area (Å²) in [7, 11) is 0. The number of halogens is 1. The minimum atomic E-state index is -0.165. The topological polar surface area (TPSA) is 80.2 Å². The first-order valence-corrected chi connectivity index (χ1v) is 10.1. The van der Waals surface area contributed by atoms with Crippen LogP contribution in [0.25, 0.3) is 0 Å². The van der Waals surface area contributed by atoms with E-state index in [1.54, 1.807) is 12.1 Å². The molecule has 0 aromatic heterocycles. The smallest absolute Gasteiger partial charge is 0.251 e. The fourth-order valence-electron chi connectivity index (χ4n) is 3.29. The lowest BCUT2D eigenvalue weighted by molar-refractivity contribution is 0.0955. The average Bonchev–Trinajstić information content (AvgIpc) is 2.77. The summed E-state index contributed by atoms with van der Waals surface area (Å²) in [6, 6.07) is 16.7. The molecular formula is C22H30IN5O2. The molecule has 1 aliphatic rings. The second kappa shape index (κ2) is 12.3. The monoisotopic (exact) mass is 523 g/mol. The van der Waals surface area contributed by atoms with E-state index in [0.29, 0.717) is 18.7 Å². The van der Waals surface area contributed by atoms with Crippen molar-refractivity contribution in [3.05, 3.63) is 60.2 Å². The number of carbonyl (C=O) groups excluding carboxylic acids is 1. The Balaban J connectivity index is 0.00000320. The Kier molecular flexibility index (Phi) is 9.72. The molecule has 7 nitrogen and oxygen atoms in total. The Labute approximate surface area is 195 Å². The number of phenolic OH excluding ortho intramolecular Hbond substituents is 1. The van der Waals surface area contributed by atoms with E-state index in [0.717, 1.165) is 38.7 Å². The van der Waals surface area contributed by atoms with Gasteiger partial charge in [-0.05, 0) is 43.3 Å². The molecule has 0 unspecified atom stereocenters. The van der Waals surface area contributed by atoms with Gasteiger partial charge in [0, 0.05) is 50.5 Å². The molecule has 3 rings (SSSR count). The largest absolute Gasteiger partial charge is 0.508 e. The summed E-state index contributed by atoms with van der Waals surface area (Å²) in [4.78, 5) is 21.5. The van der Waals surface area contributed by atoms with Crippen LogP contribution in [0.2, 0.25) is 0 Å². The first-order valence-electron chi connectivity index (χ1n) is 10.1. The lowest BCUT2D eigenvalue weighted by Crippen LogP contribution is -2.52. The number of aliphatic imine (C=N–C) groups is 1. The lowest BCUT2D eigenvalue weighted by Gasteiger charge is -2.37. The van der Waals surface area contributed by atoms with Crippen molar-refractivity contribution < 1.29 is 9.90 Å². The van der Waals surface area contributed by atoms with Gasteiger partial charge in [-0.3, -0.25) is 9.79 Å². The lowest BCUT2D eigenvalue weighted by atomic mass is 10.2. The van der Waals surface area contributed by atoms with Crippen LogP contribution in [0.5, 0.6) is 5.75 Å². The van der Waals surface area contributed by atoms with Crippen molar-refractivity contribution >= 4 is 41.5 Å². The summed E-state index contributed by atoms with van der Waals surface area (Å²) in [5.41, 5.74) is 1.78. The molecule has 0 saturated carbocycles. The third-order valence-corrected chi connectivity index (χ3v) is 4.82. The number of nitrogens with zero attached hydrogens (tertiary/aromatic N) is 3. The van der Waals surface area contributed by atoms with Gasteiger partial charge in [0.25, 0.3) is 5.91 Å². The van der Waals surface area contributed by atoms with Crippen LogP contribution in [0.15, 0.2) is 59.6 Å². The Hall–Kier alpha value is -2.49. The molecular weight excluding hydrogens is 493 g/mol. The van der Waals surface area contributed by atoms with Crippen LogP contribution in [-0.4, -0.2) is 67.7 Å². The zero-order valence-electron chi connectivity index (χ0n) is 17.3. The number of aromatic hydroxyl groups is 1. The Morgan fingerprint density at radius 1 is 1.00 bits per heavy atom. The second-order valence-corrected chi connectivity index (χ2v) is 6.85. The fraction of sp³-hybridized carbons (Fsp3) is 0.364. The van der Waals surface area contributed by atoms with Crippen molar-refractivity contribution in [2.75, 3.05) is 50.7 Å². The van der Waals surface area contributed by atoms with Gasteiger partial charge >= 0.3 is 0 Å². The van der Waals surface area contributed by atoms with E-state index in [1.165, 1.54) is 17.8 Å². The quantitative estimate of drug-likeness (QED) is 0.235. The zero-order valence-corrected chi connectivity index (χ0v) is 19.6. The van der Waals surface area contributed by atoms with Crippen LogP contribution in [-0.2, 0) is 0 Å². The number of hydrogen-bond acceptors (Lipinski definition) is 4. The molecule has 1 fully saturated rings. The number of benzene rings is 2. The normalized spacial score (nSPS) is 14.1. The van der Waals surface area contributed by atoms with E-state index in [-0.39, 0.29) is 35.6 Å². The van der Waals surface area contributed by atoms with E-state index in [1.807, 2.05) is 6.07 Å². The number of guanidine groups is 1. The number of anilines is 1. The summed E-state index contributed by atoms with van der Waals surface area (Å²) < 4.78 is 0. The van der Waals surface area contributed by atoms with E-state index >= 15 is 0 Å². The number of carbonyl (C=O) groups is 1. The number of hydrogen-bond donors (Lipinski definition) is 3. The van der Waals surface area contributed by atoms with Crippen LogP contribution >= 0.6 is 24.0 Å². The number of nitrogens with one attached hydrogen (secondary N) is 2. The molecule has 1 amide bonds. The third kappa shape index (κ3) is 6.79. The summed E-state index contributed by atoms with van der Waals surface area (Å²) in [5.74, 6) is 0.870.